The molecule has 3 rings (SSSR count). The molecule has 0 amide bonds. The van der Waals surface area contributed by atoms with Gasteiger partial charge in [-0.25, -0.2) is 13.4 Å². The van der Waals surface area contributed by atoms with Gasteiger partial charge in [-0.2, -0.15) is 5.10 Å². The van der Waals surface area contributed by atoms with Crippen molar-refractivity contribution >= 4 is 42.5 Å². The number of thiazole rings is 1. The molecule has 0 radical (unpaired) electrons. The van der Waals surface area contributed by atoms with Crippen molar-refractivity contribution in [2.24, 2.45) is 0 Å². The Kier molecular flexibility index (Phi) is 2.87. The van der Waals surface area contributed by atoms with Gasteiger partial charge < -0.3 is 5.73 Å². The van der Waals surface area contributed by atoms with Crippen LogP contribution in [0.25, 0.3) is 10.2 Å². The maximum Gasteiger partial charge on any atom is 0.268 e. The largest absolute Gasteiger partial charge is 0.383 e. The molecule has 4 N–H and O–H groups in total. The molecule has 0 fully saturated rings. The quantitative estimate of drug-likeness (QED) is 0.681. The number of anilines is 2. The van der Waals surface area contributed by atoms with Crippen molar-refractivity contribution in [2.45, 2.75) is 11.8 Å². The summed E-state index contributed by atoms with van der Waals surface area (Å²) in [7, 11) is -3.78. The lowest BCUT2D eigenvalue weighted by molar-refractivity contribution is 0.601. The van der Waals surface area contributed by atoms with Crippen LogP contribution in [0, 0.1) is 6.92 Å². The number of H-pyrrole nitrogens is 1. The maximum absolute atomic E-state index is 12.1. The average Bonchev–Trinajstić information content (AvgIpc) is 2.93. The van der Waals surface area contributed by atoms with Crippen molar-refractivity contribution in [3.05, 3.63) is 30.0 Å². The number of benzene rings is 1. The van der Waals surface area contributed by atoms with Crippen LogP contribution in [0.2, 0.25) is 0 Å². The molecule has 3 aromatic rings. The zero-order valence-corrected chi connectivity index (χ0v) is 12.0. The fraction of sp³-hybridized carbons (Fsp3) is 0.0909. The third-order valence-electron chi connectivity index (χ3n) is 2.69. The number of aromatic nitrogens is 3. The van der Waals surface area contributed by atoms with Gasteiger partial charge in [0.1, 0.15) is 10.7 Å². The second-order valence-electron chi connectivity index (χ2n) is 4.24. The van der Waals surface area contributed by atoms with Crippen molar-refractivity contribution < 1.29 is 8.42 Å². The van der Waals surface area contributed by atoms with Crippen LogP contribution >= 0.6 is 11.3 Å². The van der Waals surface area contributed by atoms with E-state index >= 15 is 0 Å². The smallest absolute Gasteiger partial charge is 0.268 e. The summed E-state index contributed by atoms with van der Waals surface area (Å²) in [5.41, 5.74) is 7.36. The highest BCUT2D eigenvalue weighted by atomic mass is 32.2. The van der Waals surface area contributed by atoms with Gasteiger partial charge >= 0.3 is 0 Å². The minimum Gasteiger partial charge on any atom is -0.383 e. The van der Waals surface area contributed by atoms with Gasteiger partial charge in [-0.3, -0.25) is 9.82 Å². The van der Waals surface area contributed by atoms with E-state index in [1.165, 1.54) is 11.3 Å². The zero-order chi connectivity index (χ0) is 14.3. The van der Waals surface area contributed by atoms with Crippen LogP contribution in [0.15, 0.2) is 29.3 Å². The fourth-order valence-electron chi connectivity index (χ4n) is 1.74. The second-order valence-corrected chi connectivity index (χ2v) is 6.93. The van der Waals surface area contributed by atoms with Gasteiger partial charge in [-0.05, 0) is 24.6 Å². The normalized spacial score (nSPS) is 11.8. The highest BCUT2D eigenvalue weighted by molar-refractivity contribution is 7.93. The van der Waals surface area contributed by atoms with E-state index in [0.29, 0.717) is 5.13 Å². The van der Waals surface area contributed by atoms with Crippen molar-refractivity contribution in [3.63, 3.8) is 0 Å². The van der Waals surface area contributed by atoms with E-state index in [0.717, 1.165) is 22.0 Å². The lowest BCUT2D eigenvalue weighted by Gasteiger charge is -2.02. The molecule has 0 saturated heterocycles. The number of aryl methyl sites for hydroxylation is 1. The molecule has 2 aromatic heterocycles. The van der Waals surface area contributed by atoms with Gasteiger partial charge in [0, 0.05) is 0 Å². The van der Waals surface area contributed by atoms with E-state index in [1.54, 1.807) is 0 Å². The number of nitrogens with zero attached hydrogens (tertiary/aromatic N) is 2. The van der Waals surface area contributed by atoms with E-state index in [4.69, 9.17) is 5.73 Å². The Bertz CT molecular complexity index is 881. The summed E-state index contributed by atoms with van der Waals surface area (Å²) < 4.78 is 27.6. The van der Waals surface area contributed by atoms with E-state index in [9.17, 15) is 8.42 Å². The number of hydrogen-bond acceptors (Lipinski definition) is 6. The first-order chi connectivity index (χ1) is 9.45. The molecule has 7 nitrogen and oxygen atoms in total. The Morgan fingerprint density at radius 1 is 1.40 bits per heavy atom. The van der Waals surface area contributed by atoms with Crippen LogP contribution in [0.1, 0.15) is 5.56 Å². The molecule has 0 bridgehead atoms. The second kappa shape index (κ2) is 4.46. The van der Waals surface area contributed by atoms with Gasteiger partial charge in [0.05, 0.1) is 16.4 Å². The van der Waals surface area contributed by atoms with Crippen molar-refractivity contribution in [1.29, 1.82) is 0 Å². The molecule has 104 valence electrons. The first-order valence-corrected chi connectivity index (χ1v) is 7.94. The van der Waals surface area contributed by atoms with Gasteiger partial charge in [-0.1, -0.05) is 17.4 Å². The van der Waals surface area contributed by atoms with Gasteiger partial charge in [-0.15, -0.1) is 0 Å². The molecule has 2 heterocycles. The number of fused-ring (bicyclic) bond motifs is 1. The van der Waals surface area contributed by atoms with Crippen LogP contribution in [-0.4, -0.2) is 23.6 Å². The van der Waals surface area contributed by atoms with Crippen LogP contribution in [-0.2, 0) is 10.0 Å². The fourth-order valence-corrected chi connectivity index (χ4v) is 3.97. The van der Waals surface area contributed by atoms with Crippen LogP contribution < -0.4 is 10.5 Å². The molecule has 0 unspecified atom stereocenters. The van der Waals surface area contributed by atoms with E-state index in [-0.39, 0.29) is 10.7 Å². The predicted octanol–water partition coefficient (Wildman–Crippen LogP) is 1.71. The van der Waals surface area contributed by atoms with Crippen molar-refractivity contribution in [1.82, 2.24) is 15.2 Å². The Morgan fingerprint density at radius 2 is 2.20 bits per heavy atom. The molecule has 1 aromatic carbocycles. The molecule has 0 aliphatic rings. The van der Waals surface area contributed by atoms with Crippen molar-refractivity contribution in [3.8, 4) is 0 Å². The number of rotatable bonds is 3. The van der Waals surface area contributed by atoms with Gasteiger partial charge in [0.25, 0.3) is 10.0 Å². The third-order valence-corrected chi connectivity index (χ3v) is 5.12. The minimum absolute atomic E-state index is 0.00513. The SMILES string of the molecule is Cc1ccc2nc(NS(=O)(=O)c3cn[nH]c3N)sc2c1. The van der Waals surface area contributed by atoms with E-state index in [2.05, 4.69) is 19.9 Å². The minimum atomic E-state index is -3.78. The molecule has 0 aliphatic heterocycles. The third kappa shape index (κ3) is 2.21. The Morgan fingerprint density at radius 3 is 2.90 bits per heavy atom. The Labute approximate surface area is 118 Å². The monoisotopic (exact) mass is 309 g/mol. The zero-order valence-electron chi connectivity index (χ0n) is 10.4. The molecular formula is C11H11N5O2S2. The number of nitrogen functional groups attached to an aromatic ring is 1. The number of aromatic amines is 1. The topological polar surface area (TPSA) is 114 Å². The molecule has 9 heteroatoms. The van der Waals surface area contributed by atoms with Gasteiger partial charge in [0.15, 0.2) is 5.13 Å². The first-order valence-electron chi connectivity index (χ1n) is 5.64. The summed E-state index contributed by atoms with van der Waals surface area (Å²) in [6.07, 6.45) is 1.16. The van der Waals surface area contributed by atoms with Crippen LogP contribution in [0.4, 0.5) is 10.9 Å². The Balaban J connectivity index is 1.99. The van der Waals surface area contributed by atoms with Crippen molar-refractivity contribution in [2.75, 3.05) is 10.5 Å². The van der Waals surface area contributed by atoms with Gasteiger partial charge in [0.2, 0.25) is 0 Å². The standard InChI is InChI=1S/C11H11N5O2S2/c1-6-2-3-7-8(4-6)19-11(14-7)16-20(17,18)9-5-13-15-10(9)12/h2-5H,1H3,(H,14,16)(H3,12,13,15). The van der Waals surface area contributed by atoms with Crippen LogP contribution in [0.3, 0.4) is 0 Å². The Hall–Kier alpha value is -2.13. The lowest BCUT2D eigenvalue weighted by Crippen LogP contribution is -2.13. The molecular weight excluding hydrogens is 298 g/mol. The highest BCUT2D eigenvalue weighted by Crippen LogP contribution is 2.28. The first kappa shape index (κ1) is 12.9. The maximum atomic E-state index is 12.1. The highest BCUT2D eigenvalue weighted by Gasteiger charge is 2.21. The number of nitrogens with two attached hydrogens (primary N) is 1. The van der Waals surface area contributed by atoms with E-state index in [1.807, 2.05) is 25.1 Å². The summed E-state index contributed by atoms with van der Waals surface area (Å²) in [6.45, 7) is 1.97. The average molecular weight is 309 g/mol. The summed E-state index contributed by atoms with van der Waals surface area (Å²) in [4.78, 5) is 4.15. The van der Waals surface area contributed by atoms with E-state index < -0.39 is 10.0 Å². The summed E-state index contributed by atoms with van der Waals surface area (Å²) in [5.74, 6) is -0.00513. The molecule has 20 heavy (non-hydrogen) atoms. The predicted molar refractivity (Wildman–Crippen MR) is 78.2 cm³/mol. The molecule has 0 atom stereocenters. The lowest BCUT2D eigenvalue weighted by atomic mass is 10.2. The summed E-state index contributed by atoms with van der Waals surface area (Å²) in [5, 5.41) is 6.28. The molecule has 0 spiro atoms. The summed E-state index contributed by atoms with van der Waals surface area (Å²) >= 11 is 1.27. The number of hydrogen-bond donors (Lipinski definition) is 3. The summed E-state index contributed by atoms with van der Waals surface area (Å²) in [6, 6.07) is 5.73. The molecule has 0 aliphatic carbocycles. The number of nitrogens with one attached hydrogen (secondary N) is 2. The number of sulfonamides is 1. The molecule has 0 saturated carbocycles. The van der Waals surface area contributed by atoms with Crippen LogP contribution in [0.5, 0.6) is 0 Å².